The molecule has 1 atom stereocenters. The Morgan fingerprint density at radius 2 is 1.94 bits per heavy atom. The zero-order chi connectivity index (χ0) is 23.6. The number of carbonyl (C=O) groups is 1. The molecule has 1 aliphatic rings. The van der Waals surface area contributed by atoms with Crippen molar-refractivity contribution in [2.45, 2.75) is 31.7 Å². The van der Waals surface area contributed by atoms with Gasteiger partial charge in [-0.3, -0.25) is 9.69 Å². The highest BCUT2D eigenvalue weighted by molar-refractivity contribution is 7.09. The monoisotopic (exact) mass is 495 g/mol. The number of alkyl halides is 2. The molecule has 0 spiro atoms. The van der Waals surface area contributed by atoms with Crippen LogP contribution in [0, 0.1) is 12.7 Å². The predicted octanol–water partition coefficient (Wildman–Crippen LogP) is 4.90. The summed E-state index contributed by atoms with van der Waals surface area (Å²) in [6, 6.07) is 4.46. The third-order valence-corrected chi connectivity index (χ3v) is 6.96. The fraction of sp³-hybridized carbons (Fsp3) is 0.364. The molecule has 0 radical (unpaired) electrons. The van der Waals surface area contributed by atoms with Crippen LogP contribution in [0.25, 0.3) is 11.4 Å². The summed E-state index contributed by atoms with van der Waals surface area (Å²) in [5.41, 5.74) is 3.25. The fourth-order valence-electron chi connectivity index (χ4n) is 3.77. The lowest BCUT2D eigenvalue weighted by molar-refractivity contribution is -0.0629. The maximum Gasteiger partial charge on any atom is 0.252 e. The number of thiazole rings is 1. The van der Waals surface area contributed by atoms with Gasteiger partial charge in [-0.2, -0.15) is 0 Å². The number of benzene rings is 1. The Labute approximate surface area is 197 Å². The first-order chi connectivity index (χ1) is 15.7. The number of nitrogens with one attached hydrogen (secondary N) is 1. The number of likely N-dealkylation sites (tertiary alicyclic amines) is 1. The molecule has 1 amide bonds. The number of halogens is 4. The second-order valence-electron chi connectivity index (χ2n) is 7.84. The predicted molar refractivity (Wildman–Crippen MR) is 120 cm³/mol. The van der Waals surface area contributed by atoms with Crippen molar-refractivity contribution in [1.82, 2.24) is 25.2 Å². The number of hydrogen-bond acceptors (Lipinski definition) is 6. The third-order valence-electron chi connectivity index (χ3n) is 5.60. The van der Waals surface area contributed by atoms with E-state index in [1.807, 2.05) is 11.8 Å². The molecule has 11 heteroatoms. The van der Waals surface area contributed by atoms with Crippen LogP contribution in [-0.2, 0) is 0 Å². The van der Waals surface area contributed by atoms with Gasteiger partial charge in [-0.25, -0.2) is 28.1 Å². The van der Waals surface area contributed by atoms with Gasteiger partial charge in [0.25, 0.3) is 11.8 Å². The van der Waals surface area contributed by atoms with Crippen LogP contribution in [0.1, 0.15) is 39.8 Å². The number of hydrogen-bond donors (Lipinski definition) is 1. The molecule has 33 heavy (non-hydrogen) atoms. The second kappa shape index (κ2) is 9.74. The minimum atomic E-state index is -2.66. The second-order valence-corrected chi connectivity index (χ2v) is 9.13. The lowest BCUT2D eigenvalue weighted by Crippen LogP contribution is -2.45. The summed E-state index contributed by atoms with van der Waals surface area (Å²) in [5, 5.41) is 3.12. The van der Waals surface area contributed by atoms with E-state index in [1.165, 1.54) is 11.3 Å². The van der Waals surface area contributed by atoms with Crippen LogP contribution in [0.4, 0.5) is 13.2 Å². The molecule has 2 aromatic heterocycles. The van der Waals surface area contributed by atoms with Crippen molar-refractivity contribution >= 4 is 28.8 Å². The number of piperidine rings is 1. The van der Waals surface area contributed by atoms with Crippen LogP contribution in [0.5, 0.6) is 0 Å². The lowest BCUT2D eigenvalue weighted by atomic mass is 10.0. The van der Waals surface area contributed by atoms with Gasteiger partial charge in [-0.05, 0) is 25.1 Å². The SMILES string of the molecule is Cc1ncsc1[C@H](CNC(=O)c1cc(-c2ncc(F)cn2)ccc1Cl)N1CCC(F)(F)CC1. The molecule has 1 fully saturated rings. The zero-order valence-corrected chi connectivity index (χ0v) is 19.3. The van der Waals surface area contributed by atoms with E-state index in [0.29, 0.717) is 5.56 Å². The van der Waals surface area contributed by atoms with E-state index in [9.17, 15) is 18.0 Å². The zero-order valence-electron chi connectivity index (χ0n) is 17.7. The Kier molecular flexibility index (Phi) is 6.96. The van der Waals surface area contributed by atoms with Crippen molar-refractivity contribution in [3.8, 4) is 11.4 Å². The standard InChI is InChI=1S/C22H21ClF3N5OS/c1-13-19(33-12-30-13)18(31-6-4-22(25,26)5-7-31)11-29-21(32)16-8-14(2-3-17(16)23)20-27-9-15(24)10-28-20/h2-3,8-10,12,18H,4-7,11H2,1H3,(H,29,32)/t18-/m0/s1. The summed E-state index contributed by atoms with van der Waals surface area (Å²) in [7, 11) is 0. The molecule has 1 aliphatic heterocycles. The molecule has 0 aliphatic carbocycles. The molecule has 6 nitrogen and oxygen atoms in total. The van der Waals surface area contributed by atoms with Gasteiger partial charge in [0, 0.05) is 42.9 Å². The maximum atomic E-state index is 13.7. The van der Waals surface area contributed by atoms with E-state index in [1.54, 1.807) is 23.7 Å². The molecule has 1 saturated heterocycles. The topological polar surface area (TPSA) is 71.0 Å². The smallest absolute Gasteiger partial charge is 0.252 e. The van der Waals surface area contributed by atoms with Gasteiger partial charge >= 0.3 is 0 Å². The van der Waals surface area contributed by atoms with Crippen LogP contribution in [0.15, 0.2) is 36.1 Å². The minimum Gasteiger partial charge on any atom is -0.350 e. The summed E-state index contributed by atoms with van der Waals surface area (Å²) in [5.74, 6) is -3.39. The normalized spacial score (nSPS) is 17.0. The third kappa shape index (κ3) is 5.51. The van der Waals surface area contributed by atoms with Crippen LogP contribution in [-0.4, -0.2) is 51.3 Å². The van der Waals surface area contributed by atoms with Crippen LogP contribution >= 0.6 is 22.9 Å². The lowest BCUT2D eigenvalue weighted by Gasteiger charge is -2.37. The Morgan fingerprint density at radius 1 is 1.24 bits per heavy atom. The summed E-state index contributed by atoms with van der Waals surface area (Å²) in [6.07, 6.45) is 1.64. The highest BCUT2D eigenvalue weighted by Gasteiger charge is 2.37. The van der Waals surface area contributed by atoms with Crippen molar-refractivity contribution in [2.24, 2.45) is 0 Å². The number of rotatable bonds is 6. The van der Waals surface area contributed by atoms with Gasteiger partial charge in [-0.1, -0.05) is 11.6 Å². The molecule has 174 valence electrons. The number of carbonyl (C=O) groups excluding carboxylic acids is 1. The van der Waals surface area contributed by atoms with Gasteiger partial charge in [0.05, 0.1) is 40.2 Å². The summed E-state index contributed by atoms with van der Waals surface area (Å²) in [6.45, 7) is 2.52. The molecule has 0 saturated carbocycles. The Morgan fingerprint density at radius 3 is 2.58 bits per heavy atom. The average Bonchev–Trinajstić information content (AvgIpc) is 3.21. The van der Waals surface area contributed by atoms with Gasteiger partial charge in [0.1, 0.15) is 0 Å². The Bertz CT molecular complexity index is 1130. The van der Waals surface area contributed by atoms with E-state index < -0.39 is 17.6 Å². The van der Waals surface area contributed by atoms with Crippen LogP contribution in [0.2, 0.25) is 5.02 Å². The van der Waals surface area contributed by atoms with E-state index in [4.69, 9.17) is 11.6 Å². The molecule has 3 aromatic rings. The molecular weight excluding hydrogens is 475 g/mol. The van der Waals surface area contributed by atoms with Crippen LogP contribution in [0.3, 0.4) is 0 Å². The number of aromatic nitrogens is 3. The largest absolute Gasteiger partial charge is 0.350 e. The molecule has 0 bridgehead atoms. The molecule has 1 aromatic carbocycles. The fourth-order valence-corrected chi connectivity index (χ4v) is 4.91. The first kappa shape index (κ1) is 23.6. The first-order valence-electron chi connectivity index (χ1n) is 10.3. The van der Waals surface area contributed by atoms with Gasteiger partial charge in [0.15, 0.2) is 11.6 Å². The molecule has 1 N–H and O–H groups in total. The molecular formula is C22H21ClF3N5OS. The van der Waals surface area contributed by atoms with Crippen molar-refractivity contribution in [2.75, 3.05) is 19.6 Å². The Balaban J connectivity index is 1.52. The summed E-state index contributed by atoms with van der Waals surface area (Å²) in [4.78, 5) is 28.0. The van der Waals surface area contributed by atoms with E-state index in [2.05, 4.69) is 20.3 Å². The number of aryl methyl sites for hydroxylation is 1. The van der Waals surface area contributed by atoms with Gasteiger partial charge in [-0.15, -0.1) is 11.3 Å². The van der Waals surface area contributed by atoms with E-state index in [-0.39, 0.29) is 54.9 Å². The van der Waals surface area contributed by atoms with E-state index in [0.717, 1.165) is 23.0 Å². The molecule has 4 rings (SSSR count). The quantitative estimate of drug-likeness (QED) is 0.526. The van der Waals surface area contributed by atoms with Crippen molar-refractivity contribution < 1.29 is 18.0 Å². The summed E-state index contributed by atoms with van der Waals surface area (Å²) >= 11 is 7.70. The van der Waals surface area contributed by atoms with Gasteiger partial charge in [0.2, 0.25) is 0 Å². The van der Waals surface area contributed by atoms with Crippen molar-refractivity contribution in [1.29, 1.82) is 0 Å². The van der Waals surface area contributed by atoms with Crippen LogP contribution < -0.4 is 5.32 Å². The highest BCUT2D eigenvalue weighted by Crippen LogP contribution is 2.34. The molecule has 3 heterocycles. The number of nitrogens with zero attached hydrogens (tertiary/aromatic N) is 4. The highest BCUT2D eigenvalue weighted by atomic mass is 35.5. The summed E-state index contributed by atoms with van der Waals surface area (Å²) < 4.78 is 40.5. The maximum absolute atomic E-state index is 13.7. The van der Waals surface area contributed by atoms with E-state index >= 15 is 0 Å². The molecule has 0 unspecified atom stereocenters. The first-order valence-corrected chi connectivity index (χ1v) is 11.6. The number of amides is 1. The van der Waals surface area contributed by atoms with Crippen molar-refractivity contribution in [3.63, 3.8) is 0 Å². The Hall–Kier alpha value is -2.56. The van der Waals surface area contributed by atoms with Crippen molar-refractivity contribution in [3.05, 3.63) is 63.1 Å². The minimum absolute atomic E-state index is 0.209. The van der Waals surface area contributed by atoms with Gasteiger partial charge < -0.3 is 5.32 Å². The average molecular weight is 496 g/mol.